The van der Waals surface area contributed by atoms with Gasteiger partial charge in [-0.05, 0) is 62.8 Å². The number of aromatic amines is 1. The topological polar surface area (TPSA) is 34.7 Å². The van der Waals surface area contributed by atoms with E-state index in [2.05, 4.69) is 43.9 Å². The third kappa shape index (κ3) is 4.37. The molecule has 2 saturated carbocycles. The van der Waals surface area contributed by atoms with Crippen molar-refractivity contribution in [2.24, 2.45) is 0 Å². The van der Waals surface area contributed by atoms with Crippen LogP contribution in [-0.2, 0) is 6.54 Å². The lowest BCUT2D eigenvalue weighted by molar-refractivity contribution is 0.0494. The number of benzene rings is 1. The Morgan fingerprint density at radius 1 is 0.774 bits per heavy atom. The fourth-order valence-corrected chi connectivity index (χ4v) is 5.91. The van der Waals surface area contributed by atoms with Crippen molar-refractivity contribution < 1.29 is 4.74 Å². The molecular weight excluding hydrogens is 384 g/mol. The Morgan fingerprint density at radius 3 is 2.10 bits per heavy atom. The van der Waals surface area contributed by atoms with Crippen LogP contribution >= 0.6 is 0 Å². The maximum atomic E-state index is 6.40. The van der Waals surface area contributed by atoms with E-state index in [1.165, 1.54) is 107 Å². The molecule has 1 aromatic carbocycles. The molecule has 1 N–H and O–H groups in total. The number of likely N-dealkylation sites (tertiary alicyclic amines) is 1. The van der Waals surface area contributed by atoms with Crippen molar-refractivity contribution in [1.82, 2.24) is 19.7 Å². The largest absolute Gasteiger partial charge is 0.490 e. The zero-order chi connectivity index (χ0) is 20.6. The van der Waals surface area contributed by atoms with Crippen molar-refractivity contribution in [3.8, 4) is 5.75 Å². The number of piperazine rings is 1. The van der Waals surface area contributed by atoms with Crippen molar-refractivity contribution in [2.75, 3.05) is 39.3 Å². The molecule has 31 heavy (non-hydrogen) atoms. The zero-order valence-electron chi connectivity index (χ0n) is 18.9. The standard InChI is InChI=1S/C26H38N4O/c1-3-22(4-1)29-11-9-24(10-12-29)31-25-7-8-26-20(18-25)17-21(27-26)19-28-13-15-30(16-14-28)23-5-2-6-23/h7-8,17-18,22-24,27H,1-6,9-16,19H2. The van der Waals surface area contributed by atoms with E-state index in [-0.39, 0.29) is 0 Å². The van der Waals surface area contributed by atoms with E-state index in [1.807, 2.05) is 0 Å². The third-order valence-corrected chi connectivity index (χ3v) is 8.41. The van der Waals surface area contributed by atoms with Gasteiger partial charge in [0.25, 0.3) is 0 Å². The van der Waals surface area contributed by atoms with Gasteiger partial charge in [-0.25, -0.2) is 0 Å². The summed E-state index contributed by atoms with van der Waals surface area (Å²) in [4.78, 5) is 11.7. The summed E-state index contributed by atoms with van der Waals surface area (Å²) >= 11 is 0. The van der Waals surface area contributed by atoms with E-state index in [0.717, 1.165) is 24.4 Å². The second-order valence-electron chi connectivity index (χ2n) is 10.4. The van der Waals surface area contributed by atoms with Crippen LogP contribution in [-0.4, -0.2) is 77.1 Å². The highest BCUT2D eigenvalue weighted by Gasteiger charge is 2.30. The number of ether oxygens (including phenoxy) is 1. The Hall–Kier alpha value is -1.56. The van der Waals surface area contributed by atoms with Gasteiger partial charge in [0.15, 0.2) is 0 Å². The lowest BCUT2D eigenvalue weighted by Crippen LogP contribution is -2.51. The molecular formula is C26H38N4O. The number of piperidine rings is 1. The minimum absolute atomic E-state index is 0.374. The van der Waals surface area contributed by atoms with Gasteiger partial charge in [0.2, 0.25) is 0 Å². The Morgan fingerprint density at radius 2 is 1.45 bits per heavy atom. The highest BCUT2D eigenvalue weighted by atomic mass is 16.5. The molecule has 168 valence electrons. The summed E-state index contributed by atoms with van der Waals surface area (Å²) in [6, 6.07) is 10.7. The van der Waals surface area contributed by atoms with Crippen LogP contribution in [0.3, 0.4) is 0 Å². The van der Waals surface area contributed by atoms with E-state index < -0.39 is 0 Å². The Labute approximate surface area is 186 Å². The average molecular weight is 423 g/mol. The summed E-state index contributed by atoms with van der Waals surface area (Å²) in [6.07, 6.45) is 11.2. The summed E-state index contributed by atoms with van der Waals surface area (Å²) in [5.74, 6) is 1.04. The number of rotatable bonds is 6. The Balaban J connectivity index is 1.03. The molecule has 0 radical (unpaired) electrons. The minimum atomic E-state index is 0.374. The van der Waals surface area contributed by atoms with E-state index in [1.54, 1.807) is 0 Å². The normalized spacial score (nSPS) is 25.5. The highest BCUT2D eigenvalue weighted by Crippen LogP contribution is 2.30. The molecule has 2 saturated heterocycles. The van der Waals surface area contributed by atoms with Crippen LogP contribution in [0.1, 0.15) is 57.1 Å². The van der Waals surface area contributed by atoms with Gasteiger partial charge in [-0.2, -0.15) is 0 Å². The Kier molecular flexibility index (Phi) is 5.67. The molecule has 0 amide bonds. The van der Waals surface area contributed by atoms with Gasteiger partial charge >= 0.3 is 0 Å². The van der Waals surface area contributed by atoms with Crippen molar-refractivity contribution in [3.05, 3.63) is 30.0 Å². The van der Waals surface area contributed by atoms with Gasteiger partial charge in [-0.3, -0.25) is 9.80 Å². The van der Waals surface area contributed by atoms with Crippen molar-refractivity contribution in [3.63, 3.8) is 0 Å². The number of fused-ring (bicyclic) bond motifs is 1. The average Bonchev–Trinajstić information content (AvgIpc) is 3.10. The first-order chi connectivity index (χ1) is 15.3. The van der Waals surface area contributed by atoms with Crippen LogP contribution in [0.5, 0.6) is 5.75 Å². The van der Waals surface area contributed by atoms with Crippen molar-refractivity contribution >= 4 is 10.9 Å². The van der Waals surface area contributed by atoms with Crippen LogP contribution in [0.2, 0.25) is 0 Å². The molecule has 0 bridgehead atoms. The number of hydrogen-bond acceptors (Lipinski definition) is 4. The first kappa shape index (κ1) is 20.1. The van der Waals surface area contributed by atoms with Crippen molar-refractivity contribution in [2.45, 2.75) is 76.1 Å². The number of nitrogens with zero attached hydrogens (tertiary/aromatic N) is 3. The summed E-state index contributed by atoms with van der Waals surface area (Å²) in [5, 5.41) is 1.28. The molecule has 5 heteroatoms. The molecule has 0 atom stereocenters. The number of aromatic nitrogens is 1. The molecule has 4 aliphatic rings. The molecule has 3 heterocycles. The quantitative estimate of drug-likeness (QED) is 0.755. The smallest absolute Gasteiger partial charge is 0.120 e. The van der Waals surface area contributed by atoms with E-state index in [4.69, 9.17) is 4.74 Å². The fourth-order valence-electron chi connectivity index (χ4n) is 5.91. The summed E-state index contributed by atoms with van der Waals surface area (Å²) < 4.78 is 6.40. The maximum absolute atomic E-state index is 6.40. The second-order valence-corrected chi connectivity index (χ2v) is 10.4. The van der Waals surface area contributed by atoms with Crippen LogP contribution in [0.25, 0.3) is 10.9 Å². The molecule has 2 aromatic rings. The monoisotopic (exact) mass is 422 g/mol. The van der Waals surface area contributed by atoms with Gasteiger partial charge in [0.1, 0.15) is 11.9 Å². The van der Waals surface area contributed by atoms with Gasteiger partial charge in [0.05, 0.1) is 0 Å². The van der Waals surface area contributed by atoms with E-state index in [0.29, 0.717) is 6.10 Å². The Bertz CT molecular complexity index is 837. The van der Waals surface area contributed by atoms with Crippen LogP contribution in [0.15, 0.2) is 24.3 Å². The predicted molar refractivity (Wildman–Crippen MR) is 126 cm³/mol. The molecule has 2 aliphatic heterocycles. The van der Waals surface area contributed by atoms with Gasteiger partial charge in [0, 0.05) is 74.5 Å². The van der Waals surface area contributed by atoms with Crippen LogP contribution in [0, 0.1) is 0 Å². The molecule has 4 fully saturated rings. The molecule has 2 aliphatic carbocycles. The van der Waals surface area contributed by atoms with Crippen molar-refractivity contribution in [1.29, 1.82) is 0 Å². The predicted octanol–water partition coefficient (Wildman–Crippen LogP) is 4.23. The number of hydrogen-bond donors (Lipinski definition) is 1. The van der Waals surface area contributed by atoms with Crippen LogP contribution in [0.4, 0.5) is 0 Å². The first-order valence-electron chi connectivity index (χ1n) is 12.8. The third-order valence-electron chi connectivity index (χ3n) is 8.41. The first-order valence-corrected chi connectivity index (χ1v) is 12.8. The lowest BCUT2D eigenvalue weighted by atomic mass is 9.90. The summed E-state index contributed by atoms with van der Waals surface area (Å²) in [5.41, 5.74) is 2.56. The lowest BCUT2D eigenvalue weighted by Gasteiger charge is -2.42. The van der Waals surface area contributed by atoms with Gasteiger partial charge < -0.3 is 14.6 Å². The molecule has 5 nitrogen and oxygen atoms in total. The minimum Gasteiger partial charge on any atom is -0.490 e. The fraction of sp³-hybridized carbons (Fsp3) is 0.692. The maximum Gasteiger partial charge on any atom is 0.120 e. The molecule has 6 rings (SSSR count). The number of nitrogens with one attached hydrogen (secondary N) is 1. The van der Waals surface area contributed by atoms with E-state index >= 15 is 0 Å². The summed E-state index contributed by atoms with van der Waals surface area (Å²) in [7, 11) is 0. The van der Waals surface area contributed by atoms with Gasteiger partial charge in [-0.1, -0.05) is 12.8 Å². The zero-order valence-corrected chi connectivity index (χ0v) is 18.9. The number of H-pyrrole nitrogens is 1. The molecule has 1 aromatic heterocycles. The molecule has 0 spiro atoms. The molecule has 0 unspecified atom stereocenters. The van der Waals surface area contributed by atoms with Gasteiger partial charge in [-0.15, -0.1) is 0 Å². The highest BCUT2D eigenvalue weighted by molar-refractivity contribution is 5.81. The second kappa shape index (κ2) is 8.76. The SMILES string of the molecule is c1cc2[nH]c(CN3CCN(C4CCC4)CC3)cc2cc1OC1CCN(C2CCC2)CC1. The summed E-state index contributed by atoms with van der Waals surface area (Å²) in [6.45, 7) is 8.31. The van der Waals surface area contributed by atoms with E-state index in [9.17, 15) is 0 Å². The van der Waals surface area contributed by atoms with Crippen LogP contribution < -0.4 is 4.74 Å².